The molecule has 0 saturated carbocycles. The lowest BCUT2D eigenvalue weighted by atomic mass is 10.2. The topological polar surface area (TPSA) is 50.9 Å². The van der Waals surface area contributed by atoms with E-state index in [9.17, 15) is 0 Å². The zero-order valence-corrected chi connectivity index (χ0v) is 15.6. The molecule has 0 atom stereocenters. The van der Waals surface area contributed by atoms with Crippen molar-refractivity contribution in [2.24, 2.45) is 7.05 Å². The van der Waals surface area contributed by atoms with Crippen molar-refractivity contribution in [3.05, 3.63) is 65.1 Å². The fourth-order valence-electron chi connectivity index (χ4n) is 2.36. The van der Waals surface area contributed by atoms with Crippen molar-refractivity contribution < 1.29 is 0 Å². The molecule has 3 aromatic rings. The summed E-state index contributed by atoms with van der Waals surface area (Å²) >= 11 is 11.3. The maximum Gasteiger partial charge on any atom is 0.174 e. The van der Waals surface area contributed by atoms with Gasteiger partial charge in [-0.1, -0.05) is 23.7 Å². The highest BCUT2D eigenvalue weighted by Gasteiger charge is 2.09. The molecule has 2 heterocycles. The predicted molar refractivity (Wildman–Crippen MR) is 104 cm³/mol. The quantitative estimate of drug-likeness (QED) is 0.695. The molecule has 130 valence electrons. The average Bonchev–Trinajstić information content (AvgIpc) is 3.18. The van der Waals surface area contributed by atoms with E-state index < -0.39 is 0 Å². The summed E-state index contributed by atoms with van der Waals surface area (Å²) in [5, 5.41) is 13.3. The van der Waals surface area contributed by atoms with Crippen molar-refractivity contribution in [3.63, 3.8) is 0 Å². The lowest BCUT2D eigenvalue weighted by Crippen LogP contribution is -2.31. The molecule has 25 heavy (non-hydrogen) atoms. The van der Waals surface area contributed by atoms with Gasteiger partial charge in [0.2, 0.25) is 0 Å². The molecule has 0 unspecified atom stereocenters. The van der Waals surface area contributed by atoms with E-state index in [1.807, 2.05) is 72.5 Å². The second kappa shape index (κ2) is 7.67. The van der Waals surface area contributed by atoms with E-state index in [1.54, 1.807) is 4.68 Å². The van der Waals surface area contributed by atoms with Crippen LogP contribution in [0.1, 0.15) is 11.3 Å². The number of halogens is 1. The molecule has 0 aliphatic carbocycles. The highest BCUT2D eigenvalue weighted by Crippen LogP contribution is 2.12. The van der Waals surface area contributed by atoms with Gasteiger partial charge in [0.25, 0.3) is 0 Å². The van der Waals surface area contributed by atoms with Crippen LogP contribution in [0.2, 0.25) is 5.02 Å². The fraction of sp³-hybridized carbons (Fsp3) is 0.235. The summed E-state index contributed by atoms with van der Waals surface area (Å²) in [6.07, 6.45) is 3.83. The minimum absolute atomic E-state index is 0.599. The fourth-order valence-corrected chi connectivity index (χ4v) is 2.66. The zero-order chi connectivity index (χ0) is 17.8. The molecular weight excluding hydrogens is 356 g/mol. The van der Waals surface area contributed by atoms with Crippen LogP contribution in [-0.2, 0) is 20.1 Å². The molecule has 0 amide bonds. The van der Waals surface area contributed by atoms with E-state index in [0.717, 1.165) is 16.3 Å². The van der Waals surface area contributed by atoms with Gasteiger partial charge >= 0.3 is 0 Å². The number of anilines is 1. The normalized spacial score (nSPS) is 10.7. The largest absolute Gasteiger partial charge is 0.346 e. The van der Waals surface area contributed by atoms with Gasteiger partial charge in [-0.2, -0.15) is 10.2 Å². The van der Waals surface area contributed by atoms with Crippen LogP contribution >= 0.6 is 23.8 Å². The van der Waals surface area contributed by atoms with Gasteiger partial charge in [-0.15, -0.1) is 0 Å². The molecule has 0 fully saturated rings. The molecule has 0 aliphatic rings. The second-order valence-electron chi connectivity index (χ2n) is 5.79. The van der Waals surface area contributed by atoms with E-state index >= 15 is 0 Å². The van der Waals surface area contributed by atoms with Gasteiger partial charge in [-0.05, 0) is 36.0 Å². The monoisotopic (exact) mass is 374 g/mol. The molecule has 0 bridgehead atoms. The van der Waals surface area contributed by atoms with Crippen molar-refractivity contribution in [1.82, 2.24) is 24.5 Å². The first-order valence-corrected chi connectivity index (χ1v) is 8.57. The van der Waals surface area contributed by atoms with Crippen LogP contribution < -0.4 is 5.32 Å². The smallest absolute Gasteiger partial charge is 0.174 e. The average molecular weight is 375 g/mol. The third kappa shape index (κ3) is 4.80. The number of aromatic nitrogens is 4. The Balaban J connectivity index is 1.56. The minimum atomic E-state index is 0.599. The molecule has 1 N–H and O–H groups in total. The van der Waals surface area contributed by atoms with Gasteiger partial charge in [-0.3, -0.25) is 9.36 Å². The number of thiocarbonyl (C=S) groups is 1. The summed E-state index contributed by atoms with van der Waals surface area (Å²) < 4.78 is 3.63. The van der Waals surface area contributed by atoms with Crippen molar-refractivity contribution in [2.75, 3.05) is 12.4 Å². The van der Waals surface area contributed by atoms with Crippen molar-refractivity contribution in [1.29, 1.82) is 0 Å². The highest BCUT2D eigenvalue weighted by atomic mass is 35.5. The molecule has 3 rings (SSSR count). The van der Waals surface area contributed by atoms with E-state index in [4.69, 9.17) is 23.8 Å². The number of hydrogen-bond acceptors (Lipinski definition) is 3. The summed E-state index contributed by atoms with van der Waals surface area (Å²) in [4.78, 5) is 1.93. The summed E-state index contributed by atoms with van der Waals surface area (Å²) in [7, 11) is 3.82. The van der Waals surface area contributed by atoms with Gasteiger partial charge in [0.15, 0.2) is 10.9 Å². The van der Waals surface area contributed by atoms with Crippen LogP contribution in [0.3, 0.4) is 0 Å². The van der Waals surface area contributed by atoms with Crippen LogP contribution in [0, 0.1) is 0 Å². The lowest BCUT2D eigenvalue weighted by Gasteiger charge is -2.18. The number of rotatable bonds is 5. The maximum atomic E-state index is 5.91. The number of hydrogen-bond donors (Lipinski definition) is 1. The van der Waals surface area contributed by atoms with E-state index in [1.165, 1.54) is 0 Å². The number of nitrogens with one attached hydrogen (secondary N) is 1. The van der Waals surface area contributed by atoms with Crippen molar-refractivity contribution >= 4 is 34.7 Å². The highest BCUT2D eigenvalue weighted by molar-refractivity contribution is 7.80. The third-order valence-corrected chi connectivity index (χ3v) is 4.31. The van der Waals surface area contributed by atoms with Crippen LogP contribution in [0.4, 0.5) is 5.82 Å². The molecule has 2 aromatic heterocycles. The van der Waals surface area contributed by atoms with E-state index in [0.29, 0.717) is 24.0 Å². The minimum Gasteiger partial charge on any atom is -0.346 e. The zero-order valence-electron chi connectivity index (χ0n) is 14.1. The Morgan fingerprint density at radius 3 is 2.60 bits per heavy atom. The van der Waals surface area contributed by atoms with Gasteiger partial charge < -0.3 is 10.2 Å². The van der Waals surface area contributed by atoms with Gasteiger partial charge in [0.1, 0.15) is 0 Å². The molecule has 0 radical (unpaired) electrons. The molecular formula is C17H19ClN6S. The summed E-state index contributed by atoms with van der Waals surface area (Å²) in [5.74, 6) is 0.715. The number of nitrogens with zero attached hydrogens (tertiary/aromatic N) is 5. The summed E-state index contributed by atoms with van der Waals surface area (Å²) in [6.45, 7) is 1.31. The van der Waals surface area contributed by atoms with Gasteiger partial charge in [0.05, 0.1) is 18.8 Å². The van der Waals surface area contributed by atoms with Crippen LogP contribution in [0.15, 0.2) is 48.8 Å². The van der Waals surface area contributed by atoms with Crippen molar-refractivity contribution in [3.8, 4) is 0 Å². The Morgan fingerprint density at radius 2 is 1.92 bits per heavy atom. The molecule has 6 nitrogen and oxygen atoms in total. The Morgan fingerprint density at radius 1 is 1.16 bits per heavy atom. The first kappa shape index (κ1) is 17.4. The van der Waals surface area contributed by atoms with E-state index in [2.05, 4.69) is 15.5 Å². The van der Waals surface area contributed by atoms with Crippen molar-refractivity contribution in [2.45, 2.75) is 13.1 Å². The Hall–Kier alpha value is -2.38. The number of benzene rings is 1. The number of aryl methyl sites for hydroxylation is 1. The predicted octanol–water partition coefficient (Wildman–Crippen LogP) is 3.15. The molecule has 1 aromatic carbocycles. The van der Waals surface area contributed by atoms with Crippen LogP contribution in [0.5, 0.6) is 0 Å². The maximum absolute atomic E-state index is 5.91. The first-order valence-electron chi connectivity index (χ1n) is 7.78. The van der Waals surface area contributed by atoms with Gasteiger partial charge in [-0.25, -0.2) is 0 Å². The van der Waals surface area contributed by atoms with Crippen LogP contribution in [-0.4, -0.2) is 36.6 Å². The second-order valence-corrected chi connectivity index (χ2v) is 6.62. The summed E-state index contributed by atoms with van der Waals surface area (Å²) in [6, 6.07) is 11.6. The molecule has 0 spiro atoms. The Bertz CT molecular complexity index is 854. The first-order chi connectivity index (χ1) is 12.0. The Kier molecular flexibility index (Phi) is 5.35. The lowest BCUT2D eigenvalue weighted by molar-refractivity contribution is 0.495. The molecule has 0 aliphatic heterocycles. The SMILES string of the molecule is CN(Cc1ccn(C)n1)C(=S)Nc1ccn(Cc2ccc(Cl)cc2)n1. The Labute approximate surface area is 157 Å². The third-order valence-electron chi connectivity index (χ3n) is 3.65. The summed E-state index contributed by atoms with van der Waals surface area (Å²) in [5.41, 5.74) is 2.09. The van der Waals surface area contributed by atoms with Gasteiger partial charge in [0, 0.05) is 37.6 Å². The molecule has 0 saturated heterocycles. The van der Waals surface area contributed by atoms with E-state index in [-0.39, 0.29) is 0 Å². The standard InChI is InChI=1S/C17H19ClN6S/c1-22(12-15-7-9-23(2)20-15)17(25)19-16-8-10-24(21-16)11-13-3-5-14(18)6-4-13/h3-10H,11-12H2,1-2H3,(H,19,21,25). The van der Waals surface area contributed by atoms with Crippen LogP contribution in [0.25, 0.3) is 0 Å². The molecule has 8 heteroatoms.